The predicted octanol–water partition coefficient (Wildman–Crippen LogP) is 1.84. The van der Waals surface area contributed by atoms with Crippen molar-refractivity contribution >= 4 is 17.6 Å². The Bertz CT molecular complexity index is 713. The van der Waals surface area contributed by atoms with Crippen molar-refractivity contribution < 1.29 is 19.1 Å². The quantitative estimate of drug-likeness (QED) is 0.631. The average Bonchev–Trinajstić information content (AvgIpc) is 3.16. The lowest BCUT2D eigenvalue weighted by Gasteiger charge is -2.22. The molecule has 1 aromatic carbocycles. The van der Waals surface area contributed by atoms with E-state index >= 15 is 0 Å². The summed E-state index contributed by atoms with van der Waals surface area (Å²) in [6, 6.07) is 7.82. The van der Waals surface area contributed by atoms with Gasteiger partial charge in [0, 0.05) is 5.69 Å². The summed E-state index contributed by atoms with van der Waals surface area (Å²) in [6.45, 7) is 4.52. The van der Waals surface area contributed by atoms with E-state index in [0.717, 1.165) is 11.3 Å². The molecule has 1 amide bonds. The van der Waals surface area contributed by atoms with Gasteiger partial charge < -0.3 is 14.4 Å². The second kappa shape index (κ2) is 4.93. The molecule has 3 aliphatic rings. The molecule has 23 heavy (non-hydrogen) atoms. The molecule has 120 valence electrons. The van der Waals surface area contributed by atoms with Gasteiger partial charge in [0.1, 0.15) is 11.5 Å². The van der Waals surface area contributed by atoms with Gasteiger partial charge in [-0.1, -0.05) is 24.3 Å². The predicted molar refractivity (Wildman–Crippen MR) is 83.9 cm³/mol. The largest absolute Gasteiger partial charge is 0.466 e. The molecule has 1 aromatic rings. The van der Waals surface area contributed by atoms with Crippen molar-refractivity contribution in [3.8, 4) is 0 Å². The highest BCUT2D eigenvalue weighted by atomic mass is 16.6. The van der Waals surface area contributed by atoms with Gasteiger partial charge >= 0.3 is 5.97 Å². The van der Waals surface area contributed by atoms with Gasteiger partial charge in [0.25, 0.3) is 0 Å². The lowest BCUT2D eigenvalue weighted by atomic mass is 9.77. The third kappa shape index (κ3) is 1.96. The fourth-order valence-electron chi connectivity index (χ4n) is 4.02. The van der Waals surface area contributed by atoms with Gasteiger partial charge in [-0.05, 0) is 31.5 Å². The van der Waals surface area contributed by atoms with Gasteiger partial charge in [-0.25, -0.2) is 0 Å². The van der Waals surface area contributed by atoms with Crippen LogP contribution in [0.25, 0.3) is 0 Å². The van der Waals surface area contributed by atoms with Crippen molar-refractivity contribution in [2.45, 2.75) is 25.6 Å². The van der Waals surface area contributed by atoms with E-state index in [0.29, 0.717) is 13.2 Å². The molecule has 5 nitrogen and oxygen atoms in total. The van der Waals surface area contributed by atoms with Crippen molar-refractivity contribution in [2.75, 3.05) is 18.1 Å². The van der Waals surface area contributed by atoms with E-state index in [4.69, 9.17) is 9.47 Å². The minimum absolute atomic E-state index is 0.0551. The molecule has 0 radical (unpaired) electrons. The summed E-state index contributed by atoms with van der Waals surface area (Å²) in [4.78, 5) is 27.0. The molecule has 0 aliphatic carbocycles. The van der Waals surface area contributed by atoms with E-state index in [1.807, 2.05) is 43.3 Å². The molecule has 1 spiro atoms. The smallest absolute Gasteiger partial charge is 0.312 e. The number of fused-ring (bicyclic) bond motifs is 1. The Labute approximate surface area is 134 Å². The zero-order chi connectivity index (χ0) is 16.2. The first-order chi connectivity index (χ1) is 11.1. The van der Waals surface area contributed by atoms with Crippen LogP contribution in [0, 0.1) is 18.8 Å². The number of anilines is 1. The maximum atomic E-state index is 13.0. The molecule has 4 atom stereocenters. The zero-order valence-electron chi connectivity index (χ0n) is 13.2. The van der Waals surface area contributed by atoms with E-state index < -0.39 is 17.4 Å². The summed E-state index contributed by atoms with van der Waals surface area (Å²) in [7, 11) is 0. The molecule has 2 fully saturated rings. The summed E-state index contributed by atoms with van der Waals surface area (Å²) in [6.07, 6.45) is 3.50. The average molecular weight is 313 g/mol. The highest BCUT2D eigenvalue weighted by Gasteiger charge is 2.67. The number of aryl methyl sites for hydroxylation is 1. The lowest BCUT2D eigenvalue weighted by molar-refractivity contribution is -0.151. The molecule has 0 saturated carbocycles. The Morgan fingerprint density at radius 1 is 1.48 bits per heavy atom. The SMILES string of the molecule is CCOC(=O)C1C2C=CC3(CN(c4cccc(C)c4)C(=O)C13)O2. The van der Waals surface area contributed by atoms with Crippen molar-refractivity contribution in [1.29, 1.82) is 0 Å². The molecule has 0 N–H and O–H groups in total. The number of carbonyl (C=O) groups excluding carboxylic acids is 2. The summed E-state index contributed by atoms with van der Waals surface area (Å²) in [5, 5.41) is 0. The van der Waals surface area contributed by atoms with Gasteiger partial charge in [-0.3, -0.25) is 9.59 Å². The number of esters is 1. The molecule has 2 bridgehead atoms. The number of ether oxygens (including phenoxy) is 2. The lowest BCUT2D eigenvalue weighted by Crippen LogP contribution is -2.40. The number of hydrogen-bond acceptors (Lipinski definition) is 4. The third-order valence-electron chi connectivity index (χ3n) is 4.97. The molecule has 4 unspecified atom stereocenters. The minimum Gasteiger partial charge on any atom is -0.466 e. The van der Waals surface area contributed by atoms with Gasteiger partial charge in [-0.2, -0.15) is 0 Å². The summed E-state index contributed by atoms with van der Waals surface area (Å²) < 4.78 is 11.2. The third-order valence-corrected chi connectivity index (χ3v) is 4.97. The summed E-state index contributed by atoms with van der Waals surface area (Å²) in [5.41, 5.74) is 1.25. The van der Waals surface area contributed by atoms with Crippen LogP contribution < -0.4 is 4.90 Å². The van der Waals surface area contributed by atoms with Gasteiger partial charge in [0.2, 0.25) is 5.91 Å². The van der Waals surface area contributed by atoms with E-state index in [1.165, 1.54) is 0 Å². The zero-order valence-corrected chi connectivity index (χ0v) is 13.2. The van der Waals surface area contributed by atoms with Crippen LogP contribution in [0.4, 0.5) is 5.69 Å². The number of hydrogen-bond donors (Lipinski definition) is 0. The van der Waals surface area contributed by atoms with Crippen LogP contribution in [0.2, 0.25) is 0 Å². The second-order valence-electron chi connectivity index (χ2n) is 6.42. The van der Waals surface area contributed by atoms with E-state index in [9.17, 15) is 9.59 Å². The molecule has 5 heteroatoms. The molecule has 4 rings (SSSR count). The Morgan fingerprint density at radius 3 is 3.04 bits per heavy atom. The second-order valence-corrected chi connectivity index (χ2v) is 6.42. The van der Waals surface area contributed by atoms with E-state index in [1.54, 1.807) is 11.8 Å². The highest BCUT2D eigenvalue weighted by molar-refractivity contribution is 6.02. The molecule has 0 aromatic heterocycles. The molecular formula is C18H19NO4. The van der Waals surface area contributed by atoms with Crippen LogP contribution in [-0.4, -0.2) is 36.7 Å². The Kier molecular flexibility index (Phi) is 3.10. The van der Waals surface area contributed by atoms with Crippen LogP contribution in [-0.2, 0) is 19.1 Å². The van der Waals surface area contributed by atoms with Crippen molar-refractivity contribution in [3.63, 3.8) is 0 Å². The number of benzene rings is 1. The first-order valence-electron chi connectivity index (χ1n) is 7.97. The van der Waals surface area contributed by atoms with Gasteiger partial charge in [0.15, 0.2) is 0 Å². The van der Waals surface area contributed by atoms with E-state index in [2.05, 4.69) is 0 Å². The van der Waals surface area contributed by atoms with Crippen LogP contribution in [0.15, 0.2) is 36.4 Å². The standard InChI is InChI=1S/C18H19NO4/c1-3-22-17(21)14-13-7-8-18(23-13)10-19(16(20)15(14)18)12-6-4-5-11(2)9-12/h4-9,13-15H,3,10H2,1-2H3. The van der Waals surface area contributed by atoms with Gasteiger partial charge in [-0.15, -0.1) is 0 Å². The fourth-order valence-corrected chi connectivity index (χ4v) is 4.02. The molecule has 2 saturated heterocycles. The molecule has 3 heterocycles. The maximum absolute atomic E-state index is 13.0. The van der Waals surface area contributed by atoms with E-state index in [-0.39, 0.29) is 18.0 Å². The van der Waals surface area contributed by atoms with Gasteiger partial charge in [0.05, 0.1) is 25.2 Å². The molecular weight excluding hydrogens is 294 g/mol. The Balaban J connectivity index is 1.70. The van der Waals surface area contributed by atoms with Crippen LogP contribution in [0.1, 0.15) is 12.5 Å². The number of rotatable bonds is 3. The van der Waals surface area contributed by atoms with Crippen LogP contribution in [0.5, 0.6) is 0 Å². The van der Waals surface area contributed by atoms with Crippen molar-refractivity contribution in [1.82, 2.24) is 0 Å². The first kappa shape index (κ1) is 14.5. The first-order valence-corrected chi connectivity index (χ1v) is 7.97. The minimum atomic E-state index is -0.692. The Hall–Kier alpha value is -2.14. The number of carbonyl (C=O) groups is 2. The summed E-state index contributed by atoms with van der Waals surface area (Å²) >= 11 is 0. The molecule has 3 aliphatic heterocycles. The summed E-state index contributed by atoms with van der Waals surface area (Å²) in [5.74, 6) is -1.42. The van der Waals surface area contributed by atoms with Crippen molar-refractivity contribution in [2.24, 2.45) is 11.8 Å². The monoisotopic (exact) mass is 313 g/mol. The maximum Gasteiger partial charge on any atom is 0.312 e. The number of amides is 1. The number of nitrogens with zero attached hydrogens (tertiary/aromatic N) is 1. The highest BCUT2D eigenvalue weighted by Crippen LogP contribution is 2.52. The topological polar surface area (TPSA) is 55.8 Å². The normalized spacial score (nSPS) is 34.1. The van der Waals surface area contributed by atoms with Crippen LogP contribution in [0.3, 0.4) is 0 Å². The van der Waals surface area contributed by atoms with Crippen LogP contribution >= 0.6 is 0 Å². The Morgan fingerprint density at radius 2 is 2.30 bits per heavy atom. The van der Waals surface area contributed by atoms with Crippen molar-refractivity contribution in [3.05, 3.63) is 42.0 Å². The fraction of sp³-hybridized carbons (Fsp3) is 0.444.